The summed E-state index contributed by atoms with van der Waals surface area (Å²) in [5, 5.41) is 7.80. The maximum atomic E-state index is 5.65. The molecule has 3 N–H and O–H groups in total. The smallest absolute Gasteiger partial charge is 0.0898 e. The standard InChI is InChI=1S/C11H16N6/c1-3-8-6-13-5-4-9(8)11(15-12)10-7-14-16-17(10)2/h4-7,11,15H,3,12H2,1-2H3. The van der Waals surface area contributed by atoms with E-state index < -0.39 is 0 Å². The van der Waals surface area contributed by atoms with Crippen molar-refractivity contribution in [1.82, 2.24) is 25.4 Å². The van der Waals surface area contributed by atoms with Crippen LogP contribution < -0.4 is 11.3 Å². The van der Waals surface area contributed by atoms with Gasteiger partial charge in [0.1, 0.15) is 0 Å². The number of aromatic nitrogens is 4. The summed E-state index contributed by atoms with van der Waals surface area (Å²) in [6, 6.07) is 1.85. The molecule has 6 nitrogen and oxygen atoms in total. The molecule has 0 bridgehead atoms. The number of nitrogens with zero attached hydrogens (tertiary/aromatic N) is 4. The number of hydrazine groups is 1. The monoisotopic (exact) mass is 232 g/mol. The number of nitrogens with two attached hydrogens (primary N) is 1. The average molecular weight is 232 g/mol. The van der Waals surface area contributed by atoms with Gasteiger partial charge < -0.3 is 0 Å². The normalized spacial score (nSPS) is 12.6. The number of rotatable bonds is 4. The van der Waals surface area contributed by atoms with Crippen LogP contribution in [-0.2, 0) is 13.5 Å². The lowest BCUT2D eigenvalue weighted by Gasteiger charge is -2.18. The SMILES string of the molecule is CCc1cnccc1C(NN)c1cnnn1C. The summed E-state index contributed by atoms with van der Waals surface area (Å²) < 4.78 is 1.71. The Balaban J connectivity index is 2.46. The van der Waals surface area contributed by atoms with Crippen LogP contribution in [0.25, 0.3) is 0 Å². The molecule has 0 saturated heterocycles. The molecule has 2 rings (SSSR count). The fraction of sp³-hybridized carbons (Fsp3) is 0.364. The molecule has 0 aromatic carbocycles. The van der Waals surface area contributed by atoms with Crippen molar-refractivity contribution < 1.29 is 0 Å². The van der Waals surface area contributed by atoms with Crippen LogP contribution in [-0.4, -0.2) is 20.0 Å². The highest BCUT2D eigenvalue weighted by molar-refractivity contribution is 5.32. The maximum Gasteiger partial charge on any atom is 0.0898 e. The summed E-state index contributed by atoms with van der Waals surface area (Å²) in [4.78, 5) is 4.13. The number of hydrogen-bond donors (Lipinski definition) is 2. The van der Waals surface area contributed by atoms with E-state index in [1.165, 1.54) is 0 Å². The molecule has 1 atom stereocenters. The molecule has 0 spiro atoms. The predicted octanol–water partition coefficient (Wildman–Crippen LogP) is 0.325. The van der Waals surface area contributed by atoms with Gasteiger partial charge in [0.15, 0.2) is 0 Å². The molecule has 0 aliphatic heterocycles. The molecular formula is C11H16N6. The third-order valence-corrected chi connectivity index (χ3v) is 2.85. The highest BCUT2D eigenvalue weighted by atomic mass is 15.4. The zero-order chi connectivity index (χ0) is 12.3. The summed E-state index contributed by atoms with van der Waals surface area (Å²) >= 11 is 0. The third-order valence-electron chi connectivity index (χ3n) is 2.85. The van der Waals surface area contributed by atoms with Crippen molar-refractivity contribution in [2.45, 2.75) is 19.4 Å². The second-order valence-corrected chi connectivity index (χ2v) is 3.81. The van der Waals surface area contributed by atoms with Gasteiger partial charge in [-0.05, 0) is 23.6 Å². The Morgan fingerprint density at radius 2 is 2.29 bits per heavy atom. The summed E-state index contributed by atoms with van der Waals surface area (Å²) in [7, 11) is 1.85. The Morgan fingerprint density at radius 3 is 2.88 bits per heavy atom. The van der Waals surface area contributed by atoms with Crippen molar-refractivity contribution in [2.75, 3.05) is 0 Å². The van der Waals surface area contributed by atoms with Crippen molar-refractivity contribution in [3.63, 3.8) is 0 Å². The van der Waals surface area contributed by atoms with Gasteiger partial charge in [0, 0.05) is 19.4 Å². The number of pyridine rings is 1. The minimum atomic E-state index is -0.118. The summed E-state index contributed by atoms with van der Waals surface area (Å²) in [5.74, 6) is 5.65. The zero-order valence-electron chi connectivity index (χ0n) is 9.96. The van der Waals surface area contributed by atoms with Crippen LogP contribution in [0.1, 0.15) is 29.8 Å². The number of nitrogens with one attached hydrogen (secondary N) is 1. The van der Waals surface area contributed by atoms with E-state index in [1.54, 1.807) is 17.1 Å². The molecule has 90 valence electrons. The molecule has 2 aromatic rings. The van der Waals surface area contributed by atoms with E-state index in [0.717, 1.165) is 23.2 Å². The lowest BCUT2D eigenvalue weighted by atomic mass is 9.99. The maximum absolute atomic E-state index is 5.65. The first-order valence-corrected chi connectivity index (χ1v) is 5.51. The fourth-order valence-electron chi connectivity index (χ4n) is 1.91. The highest BCUT2D eigenvalue weighted by Gasteiger charge is 2.18. The molecule has 2 aromatic heterocycles. The summed E-state index contributed by atoms with van der Waals surface area (Å²) in [5.41, 5.74) is 6.00. The van der Waals surface area contributed by atoms with Crippen molar-refractivity contribution in [2.24, 2.45) is 12.9 Å². The van der Waals surface area contributed by atoms with E-state index in [-0.39, 0.29) is 6.04 Å². The van der Waals surface area contributed by atoms with E-state index in [2.05, 4.69) is 27.6 Å². The van der Waals surface area contributed by atoms with Gasteiger partial charge in [0.25, 0.3) is 0 Å². The fourth-order valence-corrected chi connectivity index (χ4v) is 1.91. The molecule has 6 heteroatoms. The van der Waals surface area contributed by atoms with Crippen LogP contribution in [0, 0.1) is 0 Å². The summed E-state index contributed by atoms with van der Waals surface area (Å²) in [6.45, 7) is 2.09. The van der Waals surface area contributed by atoms with Crippen LogP contribution in [0.15, 0.2) is 24.7 Å². The molecule has 0 aliphatic carbocycles. The van der Waals surface area contributed by atoms with Gasteiger partial charge >= 0.3 is 0 Å². The Kier molecular flexibility index (Phi) is 3.46. The van der Waals surface area contributed by atoms with E-state index in [0.29, 0.717) is 0 Å². The third kappa shape index (κ3) is 2.17. The van der Waals surface area contributed by atoms with Gasteiger partial charge in [-0.1, -0.05) is 12.1 Å². The molecule has 2 heterocycles. The Hall–Kier alpha value is -1.79. The van der Waals surface area contributed by atoms with Crippen molar-refractivity contribution >= 4 is 0 Å². The Bertz CT molecular complexity index is 492. The highest BCUT2D eigenvalue weighted by Crippen LogP contribution is 2.23. The minimum Gasteiger partial charge on any atom is -0.271 e. The van der Waals surface area contributed by atoms with Crippen molar-refractivity contribution in [3.8, 4) is 0 Å². The topological polar surface area (TPSA) is 81.7 Å². The molecule has 17 heavy (non-hydrogen) atoms. The van der Waals surface area contributed by atoms with E-state index in [9.17, 15) is 0 Å². The second kappa shape index (κ2) is 5.03. The zero-order valence-corrected chi connectivity index (χ0v) is 9.96. The second-order valence-electron chi connectivity index (χ2n) is 3.81. The lowest BCUT2D eigenvalue weighted by molar-refractivity contribution is 0.566. The largest absolute Gasteiger partial charge is 0.271 e. The first kappa shape index (κ1) is 11.7. The van der Waals surface area contributed by atoms with Crippen LogP contribution in [0.4, 0.5) is 0 Å². The van der Waals surface area contributed by atoms with Gasteiger partial charge in [0.05, 0.1) is 17.9 Å². The van der Waals surface area contributed by atoms with Gasteiger partial charge in [-0.25, -0.2) is 5.43 Å². The molecule has 0 fully saturated rings. The van der Waals surface area contributed by atoms with E-state index in [1.807, 2.05) is 19.3 Å². The van der Waals surface area contributed by atoms with E-state index >= 15 is 0 Å². The Labute approximate surface area is 99.8 Å². The van der Waals surface area contributed by atoms with E-state index in [4.69, 9.17) is 5.84 Å². The first-order valence-electron chi connectivity index (χ1n) is 5.51. The molecule has 1 unspecified atom stereocenters. The van der Waals surface area contributed by atoms with Gasteiger partial charge in [0.2, 0.25) is 0 Å². The van der Waals surface area contributed by atoms with Gasteiger partial charge in [-0.3, -0.25) is 15.5 Å². The van der Waals surface area contributed by atoms with Crippen molar-refractivity contribution in [3.05, 3.63) is 41.5 Å². The lowest BCUT2D eigenvalue weighted by Crippen LogP contribution is -2.31. The van der Waals surface area contributed by atoms with Crippen LogP contribution in [0.5, 0.6) is 0 Å². The molecule has 0 amide bonds. The van der Waals surface area contributed by atoms with Gasteiger partial charge in [-0.15, -0.1) is 5.10 Å². The molecule has 0 saturated carbocycles. The average Bonchev–Trinajstić information content (AvgIpc) is 2.78. The van der Waals surface area contributed by atoms with Gasteiger partial charge in [-0.2, -0.15) is 0 Å². The predicted molar refractivity (Wildman–Crippen MR) is 63.8 cm³/mol. The molecular weight excluding hydrogens is 216 g/mol. The minimum absolute atomic E-state index is 0.118. The van der Waals surface area contributed by atoms with Crippen molar-refractivity contribution in [1.29, 1.82) is 0 Å². The van der Waals surface area contributed by atoms with Crippen LogP contribution >= 0.6 is 0 Å². The molecule has 0 aliphatic rings. The Morgan fingerprint density at radius 1 is 1.47 bits per heavy atom. The molecule has 0 radical (unpaired) electrons. The quantitative estimate of drug-likeness (QED) is 0.586. The van der Waals surface area contributed by atoms with Crippen LogP contribution in [0.2, 0.25) is 0 Å². The number of hydrogen-bond acceptors (Lipinski definition) is 5. The summed E-state index contributed by atoms with van der Waals surface area (Å²) in [6.07, 6.45) is 6.25. The van der Waals surface area contributed by atoms with Crippen LogP contribution in [0.3, 0.4) is 0 Å². The first-order chi connectivity index (χ1) is 8.27. The number of aryl methyl sites for hydroxylation is 2.